The van der Waals surface area contributed by atoms with Crippen LogP contribution in [0.1, 0.15) is 23.3 Å². The summed E-state index contributed by atoms with van der Waals surface area (Å²) >= 11 is 0. The van der Waals surface area contributed by atoms with Crippen LogP contribution >= 0.6 is 0 Å². The normalized spacial score (nSPS) is 12.4. The Morgan fingerprint density at radius 2 is 2.11 bits per heavy atom. The van der Waals surface area contributed by atoms with Gasteiger partial charge in [0.1, 0.15) is 5.75 Å². The van der Waals surface area contributed by atoms with Crippen LogP contribution in [0.2, 0.25) is 0 Å². The molecule has 102 valence electrons. The van der Waals surface area contributed by atoms with Gasteiger partial charge in [-0.05, 0) is 6.07 Å². The van der Waals surface area contributed by atoms with E-state index in [2.05, 4.69) is 10.1 Å². The van der Waals surface area contributed by atoms with Gasteiger partial charge in [0.2, 0.25) is 5.89 Å². The summed E-state index contributed by atoms with van der Waals surface area (Å²) < 4.78 is 15.4. The summed E-state index contributed by atoms with van der Waals surface area (Å²) in [6.45, 7) is 0.355. The van der Waals surface area contributed by atoms with Crippen LogP contribution < -0.4 is 10.5 Å². The average molecular weight is 263 g/mol. The standard InChI is InChI=1S/C13H17N3O3/c1-17-8-10(14)13-15-12(19-16-13)7-9-5-3-4-6-11(9)18-2/h3-6,10H,7-8,14H2,1-2H3. The monoisotopic (exact) mass is 263 g/mol. The quantitative estimate of drug-likeness (QED) is 0.846. The molecule has 2 N–H and O–H groups in total. The molecule has 1 aromatic carbocycles. The lowest BCUT2D eigenvalue weighted by Gasteiger charge is -2.05. The van der Waals surface area contributed by atoms with Crippen LogP contribution in [0.4, 0.5) is 0 Å². The van der Waals surface area contributed by atoms with Crippen LogP contribution in [0, 0.1) is 0 Å². The summed E-state index contributed by atoms with van der Waals surface area (Å²) in [5.41, 5.74) is 6.82. The molecule has 1 atom stereocenters. The second-order valence-corrected chi connectivity index (χ2v) is 4.10. The van der Waals surface area contributed by atoms with Gasteiger partial charge in [0.15, 0.2) is 5.82 Å². The van der Waals surface area contributed by atoms with Gasteiger partial charge in [-0.2, -0.15) is 4.98 Å². The van der Waals surface area contributed by atoms with Gasteiger partial charge in [0.05, 0.1) is 26.2 Å². The third-order valence-electron chi connectivity index (χ3n) is 2.70. The molecule has 6 heteroatoms. The minimum Gasteiger partial charge on any atom is -0.496 e. The number of aromatic nitrogens is 2. The summed E-state index contributed by atoms with van der Waals surface area (Å²) in [5.74, 6) is 1.75. The van der Waals surface area contributed by atoms with Crippen LogP contribution in [0.5, 0.6) is 5.75 Å². The molecule has 0 amide bonds. The number of hydrogen-bond donors (Lipinski definition) is 1. The maximum atomic E-state index is 5.83. The zero-order chi connectivity index (χ0) is 13.7. The van der Waals surface area contributed by atoms with Crippen molar-refractivity contribution in [1.82, 2.24) is 10.1 Å². The van der Waals surface area contributed by atoms with Crippen molar-refractivity contribution in [3.8, 4) is 5.75 Å². The molecule has 0 fully saturated rings. The highest BCUT2D eigenvalue weighted by Crippen LogP contribution is 2.20. The predicted molar refractivity (Wildman–Crippen MR) is 68.9 cm³/mol. The first-order valence-electron chi connectivity index (χ1n) is 5.93. The van der Waals surface area contributed by atoms with Gasteiger partial charge in [-0.25, -0.2) is 0 Å². The molecule has 6 nitrogen and oxygen atoms in total. The van der Waals surface area contributed by atoms with Gasteiger partial charge < -0.3 is 19.7 Å². The molecule has 0 aliphatic rings. The number of benzene rings is 1. The molecular weight excluding hydrogens is 246 g/mol. The van der Waals surface area contributed by atoms with E-state index in [1.165, 1.54) is 0 Å². The lowest BCUT2D eigenvalue weighted by atomic mass is 10.1. The van der Waals surface area contributed by atoms with Crippen molar-refractivity contribution in [3.63, 3.8) is 0 Å². The van der Waals surface area contributed by atoms with E-state index < -0.39 is 0 Å². The van der Waals surface area contributed by atoms with Crippen molar-refractivity contribution in [1.29, 1.82) is 0 Å². The van der Waals surface area contributed by atoms with Crippen molar-refractivity contribution in [2.75, 3.05) is 20.8 Å². The number of ether oxygens (including phenoxy) is 2. The smallest absolute Gasteiger partial charge is 0.231 e. The van der Waals surface area contributed by atoms with Crippen LogP contribution in [0.25, 0.3) is 0 Å². The summed E-state index contributed by atoms with van der Waals surface area (Å²) in [4.78, 5) is 4.26. The van der Waals surface area contributed by atoms with Gasteiger partial charge in [0, 0.05) is 12.7 Å². The second-order valence-electron chi connectivity index (χ2n) is 4.10. The van der Waals surface area contributed by atoms with E-state index in [4.69, 9.17) is 19.7 Å². The van der Waals surface area contributed by atoms with Crippen LogP contribution in [-0.2, 0) is 11.2 Å². The van der Waals surface area contributed by atoms with Crippen molar-refractivity contribution in [2.45, 2.75) is 12.5 Å². The summed E-state index contributed by atoms with van der Waals surface area (Å²) in [5, 5.41) is 3.85. The summed E-state index contributed by atoms with van der Waals surface area (Å²) in [6, 6.07) is 7.32. The highest BCUT2D eigenvalue weighted by Gasteiger charge is 2.15. The molecule has 0 saturated heterocycles. The average Bonchev–Trinajstić information content (AvgIpc) is 2.88. The third kappa shape index (κ3) is 3.30. The highest BCUT2D eigenvalue weighted by atomic mass is 16.5. The zero-order valence-electron chi connectivity index (χ0n) is 11.0. The maximum Gasteiger partial charge on any atom is 0.231 e. The van der Waals surface area contributed by atoms with E-state index in [-0.39, 0.29) is 6.04 Å². The Morgan fingerprint density at radius 3 is 2.84 bits per heavy atom. The van der Waals surface area contributed by atoms with Gasteiger partial charge in [-0.15, -0.1) is 0 Å². The van der Waals surface area contributed by atoms with E-state index >= 15 is 0 Å². The van der Waals surface area contributed by atoms with Crippen molar-refractivity contribution in [2.24, 2.45) is 5.73 Å². The van der Waals surface area contributed by atoms with Crippen LogP contribution in [-0.4, -0.2) is 31.0 Å². The second kappa shape index (κ2) is 6.31. The SMILES string of the molecule is COCC(N)c1noc(Cc2ccccc2OC)n1. The Hall–Kier alpha value is -1.92. The maximum absolute atomic E-state index is 5.83. The van der Waals surface area contributed by atoms with Crippen LogP contribution in [0.3, 0.4) is 0 Å². The van der Waals surface area contributed by atoms with Crippen molar-refractivity contribution in [3.05, 3.63) is 41.5 Å². The molecule has 1 heterocycles. The molecular formula is C13H17N3O3. The van der Waals surface area contributed by atoms with Crippen LogP contribution in [0.15, 0.2) is 28.8 Å². The molecule has 0 aliphatic carbocycles. The minimum absolute atomic E-state index is 0.355. The van der Waals surface area contributed by atoms with E-state index in [1.807, 2.05) is 24.3 Å². The Balaban J connectivity index is 2.11. The molecule has 19 heavy (non-hydrogen) atoms. The van der Waals surface area contributed by atoms with E-state index in [9.17, 15) is 0 Å². The summed E-state index contributed by atoms with van der Waals surface area (Å²) in [7, 11) is 3.21. The fourth-order valence-electron chi connectivity index (χ4n) is 1.76. The summed E-state index contributed by atoms with van der Waals surface area (Å²) in [6.07, 6.45) is 0.511. The number of nitrogens with zero attached hydrogens (tertiary/aromatic N) is 2. The Morgan fingerprint density at radius 1 is 1.32 bits per heavy atom. The fraction of sp³-hybridized carbons (Fsp3) is 0.385. The van der Waals surface area contributed by atoms with Gasteiger partial charge >= 0.3 is 0 Å². The van der Waals surface area contributed by atoms with Crippen molar-refractivity contribution >= 4 is 0 Å². The van der Waals surface area contributed by atoms with Crippen molar-refractivity contribution < 1.29 is 14.0 Å². The van der Waals surface area contributed by atoms with E-state index in [0.717, 1.165) is 11.3 Å². The zero-order valence-corrected chi connectivity index (χ0v) is 11.0. The number of hydrogen-bond acceptors (Lipinski definition) is 6. The fourth-order valence-corrected chi connectivity index (χ4v) is 1.76. The molecule has 1 unspecified atom stereocenters. The predicted octanol–water partition coefficient (Wildman–Crippen LogP) is 1.32. The van der Waals surface area contributed by atoms with E-state index in [0.29, 0.717) is 24.7 Å². The lowest BCUT2D eigenvalue weighted by molar-refractivity contribution is 0.177. The van der Waals surface area contributed by atoms with Gasteiger partial charge in [-0.3, -0.25) is 0 Å². The first kappa shape index (κ1) is 13.5. The Bertz CT molecular complexity index is 527. The lowest BCUT2D eigenvalue weighted by Crippen LogP contribution is -2.17. The van der Waals surface area contributed by atoms with E-state index in [1.54, 1.807) is 14.2 Å². The molecule has 0 saturated carbocycles. The molecule has 2 rings (SSSR count). The molecule has 2 aromatic rings. The number of nitrogens with two attached hydrogens (primary N) is 1. The number of para-hydroxylation sites is 1. The van der Waals surface area contributed by atoms with Gasteiger partial charge in [0.25, 0.3) is 0 Å². The first-order chi connectivity index (χ1) is 9.24. The Kier molecular flexibility index (Phi) is 4.48. The minimum atomic E-state index is -0.375. The molecule has 0 aliphatic heterocycles. The Labute approximate surface area is 111 Å². The largest absolute Gasteiger partial charge is 0.496 e. The molecule has 0 bridgehead atoms. The number of rotatable bonds is 6. The highest BCUT2D eigenvalue weighted by molar-refractivity contribution is 5.34. The molecule has 1 aromatic heterocycles. The topological polar surface area (TPSA) is 83.4 Å². The van der Waals surface area contributed by atoms with Gasteiger partial charge in [-0.1, -0.05) is 23.4 Å². The number of methoxy groups -OCH3 is 2. The molecule has 0 spiro atoms. The first-order valence-corrected chi connectivity index (χ1v) is 5.93. The third-order valence-corrected chi connectivity index (χ3v) is 2.70. The molecule has 0 radical (unpaired) electrons.